The van der Waals surface area contributed by atoms with Crippen LogP contribution in [0.25, 0.3) is 0 Å². The maximum Gasteiger partial charge on any atom is 0.339 e. The van der Waals surface area contributed by atoms with Gasteiger partial charge >= 0.3 is 5.97 Å². The van der Waals surface area contributed by atoms with E-state index >= 15 is 0 Å². The van der Waals surface area contributed by atoms with E-state index in [2.05, 4.69) is 15.0 Å². The number of carbonyl (C=O) groups excluding carboxylic acids is 1. The molecule has 0 amide bonds. The Morgan fingerprint density at radius 3 is 2.89 bits per heavy atom. The van der Waals surface area contributed by atoms with Crippen molar-refractivity contribution in [1.29, 1.82) is 0 Å². The van der Waals surface area contributed by atoms with Gasteiger partial charge in [0.05, 0.1) is 24.5 Å². The molecule has 0 aliphatic heterocycles. The van der Waals surface area contributed by atoms with Crippen molar-refractivity contribution in [2.45, 2.75) is 44.4 Å². The van der Waals surface area contributed by atoms with Gasteiger partial charge in [-0.2, -0.15) is 0 Å². The third kappa shape index (κ3) is 3.75. The SMILES string of the molecule is COC(=O)c1ccc(CNC2CCCCC2O)nc1. The van der Waals surface area contributed by atoms with Crippen LogP contribution in [0, 0.1) is 0 Å². The minimum absolute atomic E-state index is 0.149. The number of hydrogen-bond donors (Lipinski definition) is 2. The molecule has 0 saturated heterocycles. The number of esters is 1. The molecule has 2 unspecified atom stereocenters. The third-order valence-electron chi connectivity index (χ3n) is 3.52. The van der Waals surface area contributed by atoms with Crippen LogP contribution in [0.3, 0.4) is 0 Å². The highest BCUT2D eigenvalue weighted by Gasteiger charge is 2.22. The summed E-state index contributed by atoms with van der Waals surface area (Å²) in [6.45, 7) is 0.600. The number of nitrogens with one attached hydrogen (secondary N) is 1. The van der Waals surface area contributed by atoms with Gasteiger partial charge in [-0.05, 0) is 25.0 Å². The molecule has 1 aromatic rings. The standard InChI is InChI=1S/C14H20N2O3/c1-19-14(18)10-6-7-11(15-8-10)9-16-12-4-2-3-5-13(12)17/h6-8,12-13,16-17H,2-5,9H2,1H3. The molecule has 1 fully saturated rings. The molecule has 2 rings (SSSR count). The molecule has 1 aliphatic carbocycles. The third-order valence-corrected chi connectivity index (χ3v) is 3.52. The summed E-state index contributed by atoms with van der Waals surface area (Å²) in [6.07, 6.45) is 5.38. The molecule has 0 bridgehead atoms. The van der Waals surface area contributed by atoms with Gasteiger partial charge in [0, 0.05) is 18.8 Å². The molecule has 104 valence electrons. The summed E-state index contributed by atoms with van der Waals surface area (Å²) in [7, 11) is 1.35. The number of aromatic nitrogens is 1. The molecule has 1 aromatic heterocycles. The minimum atomic E-state index is -0.380. The van der Waals surface area contributed by atoms with Crippen molar-refractivity contribution in [3.63, 3.8) is 0 Å². The normalized spacial score (nSPS) is 23.1. The first-order valence-electron chi connectivity index (χ1n) is 6.65. The molecule has 5 heteroatoms. The lowest BCUT2D eigenvalue weighted by Crippen LogP contribution is -2.41. The smallest absolute Gasteiger partial charge is 0.339 e. The monoisotopic (exact) mass is 264 g/mol. The summed E-state index contributed by atoms with van der Waals surface area (Å²) < 4.78 is 4.62. The topological polar surface area (TPSA) is 71.5 Å². The second-order valence-corrected chi connectivity index (χ2v) is 4.87. The van der Waals surface area contributed by atoms with Gasteiger partial charge in [-0.25, -0.2) is 4.79 Å². The van der Waals surface area contributed by atoms with Gasteiger partial charge in [-0.1, -0.05) is 12.8 Å². The zero-order chi connectivity index (χ0) is 13.7. The predicted molar refractivity (Wildman–Crippen MR) is 70.7 cm³/mol. The van der Waals surface area contributed by atoms with Gasteiger partial charge in [-0.15, -0.1) is 0 Å². The summed E-state index contributed by atoms with van der Waals surface area (Å²) in [5.41, 5.74) is 1.30. The first kappa shape index (κ1) is 14.0. The van der Waals surface area contributed by atoms with Crippen molar-refractivity contribution < 1.29 is 14.6 Å². The molecule has 2 N–H and O–H groups in total. The fourth-order valence-electron chi connectivity index (χ4n) is 2.35. The van der Waals surface area contributed by atoms with Crippen LogP contribution in [-0.2, 0) is 11.3 Å². The molecule has 19 heavy (non-hydrogen) atoms. The van der Waals surface area contributed by atoms with E-state index in [1.807, 2.05) is 0 Å². The summed E-state index contributed by atoms with van der Waals surface area (Å²) in [4.78, 5) is 15.5. The molecular formula is C14H20N2O3. The number of hydrogen-bond acceptors (Lipinski definition) is 5. The van der Waals surface area contributed by atoms with E-state index in [0.29, 0.717) is 12.1 Å². The van der Waals surface area contributed by atoms with Gasteiger partial charge in [-0.3, -0.25) is 4.98 Å². The van der Waals surface area contributed by atoms with E-state index in [-0.39, 0.29) is 18.1 Å². The summed E-state index contributed by atoms with van der Waals surface area (Å²) in [6, 6.07) is 3.65. The van der Waals surface area contributed by atoms with Crippen LogP contribution in [0.4, 0.5) is 0 Å². The van der Waals surface area contributed by atoms with Crippen LogP contribution < -0.4 is 5.32 Å². The fraction of sp³-hybridized carbons (Fsp3) is 0.571. The maximum atomic E-state index is 11.3. The minimum Gasteiger partial charge on any atom is -0.465 e. The average molecular weight is 264 g/mol. The lowest BCUT2D eigenvalue weighted by molar-refractivity contribution is 0.0600. The molecular weight excluding hydrogens is 244 g/mol. The largest absolute Gasteiger partial charge is 0.465 e. The fourth-order valence-corrected chi connectivity index (χ4v) is 2.35. The molecule has 5 nitrogen and oxygen atoms in total. The number of carbonyl (C=O) groups is 1. The number of aliphatic hydroxyl groups is 1. The zero-order valence-corrected chi connectivity index (χ0v) is 11.1. The first-order valence-corrected chi connectivity index (χ1v) is 6.65. The number of ether oxygens (including phenoxy) is 1. The van der Waals surface area contributed by atoms with Crippen molar-refractivity contribution in [3.8, 4) is 0 Å². The van der Waals surface area contributed by atoms with E-state index in [9.17, 15) is 9.90 Å². The first-order chi connectivity index (χ1) is 9.20. The number of pyridine rings is 1. The van der Waals surface area contributed by atoms with Gasteiger partial charge in [0.2, 0.25) is 0 Å². The predicted octanol–water partition coefficient (Wildman–Crippen LogP) is 1.26. The highest BCUT2D eigenvalue weighted by atomic mass is 16.5. The second kappa shape index (κ2) is 6.63. The van der Waals surface area contributed by atoms with Crippen molar-refractivity contribution in [2.75, 3.05) is 7.11 Å². The Morgan fingerprint density at radius 1 is 1.47 bits per heavy atom. The van der Waals surface area contributed by atoms with Crippen molar-refractivity contribution in [3.05, 3.63) is 29.6 Å². The summed E-state index contributed by atoms with van der Waals surface area (Å²) in [5.74, 6) is -0.380. The Balaban J connectivity index is 1.87. The van der Waals surface area contributed by atoms with E-state index in [0.717, 1.165) is 31.4 Å². The Kier molecular flexibility index (Phi) is 4.87. The zero-order valence-electron chi connectivity index (χ0n) is 11.1. The van der Waals surface area contributed by atoms with Crippen molar-refractivity contribution in [2.24, 2.45) is 0 Å². The molecule has 0 radical (unpaired) electrons. The van der Waals surface area contributed by atoms with Crippen LogP contribution in [-0.4, -0.2) is 35.3 Å². The van der Waals surface area contributed by atoms with Gasteiger partial charge in [0.1, 0.15) is 0 Å². The van der Waals surface area contributed by atoms with Gasteiger partial charge < -0.3 is 15.2 Å². The maximum absolute atomic E-state index is 11.3. The summed E-state index contributed by atoms with van der Waals surface area (Å²) in [5, 5.41) is 13.2. The number of nitrogens with zero attached hydrogens (tertiary/aromatic N) is 1. The molecule has 0 aromatic carbocycles. The van der Waals surface area contributed by atoms with E-state index < -0.39 is 0 Å². The van der Waals surface area contributed by atoms with Crippen molar-refractivity contribution in [1.82, 2.24) is 10.3 Å². The Hall–Kier alpha value is -1.46. The Bertz CT molecular complexity index is 419. The lowest BCUT2D eigenvalue weighted by atomic mass is 9.92. The number of rotatable bonds is 4. The molecule has 1 heterocycles. The van der Waals surface area contributed by atoms with E-state index in [4.69, 9.17) is 0 Å². The van der Waals surface area contributed by atoms with E-state index in [1.165, 1.54) is 13.3 Å². The van der Waals surface area contributed by atoms with Crippen LogP contribution in [0.5, 0.6) is 0 Å². The molecule has 0 spiro atoms. The van der Waals surface area contributed by atoms with Crippen molar-refractivity contribution >= 4 is 5.97 Å². The van der Waals surface area contributed by atoms with Gasteiger partial charge in [0.15, 0.2) is 0 Å². The van der Waals surface area contributed by atoms with E-state index in [1.54, 1.807) is 12.1 Å². The number of methoxy groups -OCH3 is 1. The van der Waals surface area contributed by atoms with Gasteiger partial charge in [0.25, 0.3) is 0 Å². The van der Waals surface area contributed by atoms with Crippen LogP contribution in [0.2, 0.25) is 0 Å². The average Bonchev–Trinajstić information content (AvgIpc) is 2.46. The molecule has 1 saturated carbocycles. The Morgan fingerprint density at radius 2 is 2.26 bits per heavy atom. The second-order valence-electron chi connectivity index (χ2n) is 4.87. The highest BCUT2D eigenvalue weighted by molar-refractivity contribution is 5.88. The highest BCUT2D eigenvalue weighted by Crippen LogP contribution is 2.18. The van der Waals surface area contributed by atoms with Crippen LogP contribution in [0.1, 0.15) is 41.7 Å². The quantitative estimate of drug-likeness (QED) is 0.801. The molecule has 1 aliphatic rings. The Labute approximate surface area is 113 Å². The van der Waals surface area contributed by atoms with Crippen LogP contribution in [0.15, 0.2) is 18.3 Å². The molecule has 2 atom stereocenters. The summed E-state index contributed by atoms with van der Waals surface area (Å²) >= 11 is 0. The number of aliphatic hydroxyl groups excluding tert-OH is 1. The van der Waals surface area contributed by atoms with Crippen LogP contribution >= 0.6 is 0 Å². The lowest BCUT2D eigenvalue weighted by Gasteiger charge is -2.28.